The molecule has 0 saturated heterocycles. The van der Waals surface area contributed by atoms with Gasteiger partial charge in [-0.25, -0.2) is 0 Å². The van der Waals surface area contributed by atoms with E-state index in [1.807, 2.05) is 0 Å². The summed E-state index contributed by atoms with van der Waals surface area (Å²) in [6, 6.07) is 0. The van der Waals surface area contributed by atoms with Gasteiger partial charge in [0.15, 0.2) is 0 Å². The normalized spacial score (nSPS) is 7.57. The van der Waals surface area contributed by atoms with E-state index < -0.39 is 0 Å². The van der Waals surface area contributed by atoms with Crippen molar-refractivity contribution in [2.45, 2.75) is 5.16 Å². The Morgan fingerprint density at radius 3 is 1.71 bits per heavy atom. The average Bonchev–Trinajstić information content (AvgIpc) is 1.86. The van der Waals surface area contributed by atoms with Crippen LogP contribution in [0.25, 0.3) is 0 Å². The molecule has 0 spiro atoms. The Kier molecular flexibility index (Phi) is 3.27. The van der Waals surface area contributed by atoms with E-state index in [1.165, 1.54) is 0 Å². The standard InChI is InChI=1S/CHN4S.Ag/c6-1-2-4-5-3-1;/h6H;/q-1;+1. The zero-order valence-corrected chi connectivity index (χ0v) is 5.41. The summed E-state index contributed by atoms with van der Waals surface area (Å²) in [5.41, 5.74) is 0. The van der Waals surface area contributed by atoms with Crippen LogP contribution in [0.4, 0.5) is 0 Å². The smallest absolute Gasteiger partial charge is 0.300 e. The molecule has 0 bridgehead atoms. The summed E-state index contributed by atoms with van der Waals surface area (Å²) in [4.78, 5) is 0. The first-order valence-electron chi connectivity index (χ1n) is 1.27. The minimum atomic E-state index is 0. The second kappa shape index (κ2) is 3.20. The van der Waals surface area contributed by atoms with Crippen LogP contribution >= 0.6 is 12.6 Å². The summed E-state index contributed by atoms with van der Waals surface area (Å²) in [5.74, 6) is 0. The minimum absolute atomic E-state index is 0. The van der Waals surface area contributed by atoms with Crippen molar-refractivity contribution >= 4 is 12.6 Å². The number of hydrogen-bond donors (Lipinski definition) is 1. The van der Waals surface area contributed by atoms with E-state index in [2.05, 4.69) is 33.3 Å². The number of aromatic nitrogens is 4. The van der Waals surface area contributed by atoms with Gasteiger partial charge in [0.05, 0.1) is 0 Å². The molecule has 0 aliphatic carbocycles. The minimum Gasteiger partial charge on any atom is -0.300 e. The number of tetrazole rings is 1. The summed E-state index contributed by atoms with van der Waals surface area (Å²) in [6.45, 7) is 0. The molecule has 1 rings (SSSR count). The van der Waals surface area contributed by atoms with Crippen LogP contribution in [0.3, 0.4) is 0 Å². The van der Waals surface area contributed by atoms with Crippen molar-refractivity contribution in [3.05, 3.63) is 0 Å². The molecular formula is CHAgN4S. The van der Waals surface area contributed by atoms with Crippen LogP contribution < -0.4 is 0 Å². The number of hydrogen-bond acceptors (Lipinski definition) is 5. The Hall–Kier alpha value is 0.160. The third-order valence-corrected chi connectivity index (χ3v) is 0.487. The Morgan fingerprint density at radius 1 is 1.14 bits per heavy atom. The average molecular weight is 209 g/mol. The Labute approximate surface area is 61.0 Å². The maximum Gasteiger partial charge on any atom is 1.00 e. The van der Waals surface area contributed by atoms with Crippen molar-refractivity contribution in [2.24, 2.45) is 0 Å². The van der Waals surface area contributed by atoms with Crippen molar-refractivity contribution in [2.75, 3.05) is 0 Å². The molecule has 1 aromatic heterocycles. The van der Waals surface area contributed by atoms with Gasteiger partial charge in [0.2, 0.25) is 0 Å². The van der Waals surface area contributed by atoms with Crippen LogP contribution in [0.5, 0.6) is 0 Å². The van der Waals surface area contributed by atoms with Gasteiger partial charge in [-0.05, 0) is 0 Å². The van der Waals surface area contributed by atoms with Gasteiger partial charge in [-0.3, -0.25) is 22.8 Å². The molecule has 0 amide bonds. The molecule has 0 fully saturated rings. The summed E-state index contributed by atoms with van der Waals surface area (Å²) >= 11 is 3.69. The molecule has 0 N–H and O–H groups in total. The van der Waals surface area contributed by atoms with Crippen LogP contribution in [0.2, 0.25) is 0 Å². The predicted molar refractivity (Wildman–Crippen MR) is 20.5 cm³/mol. The van der Waals surface area contributed by atoms with E-state index in [0.29, 0.717) is 5.16 Å². The largest absolute Gasteiger partial charge is 1.00 e. The van der Waals surface area contributed by atoms with Crippen molar-refractivity contribution in [3.8, 4) is 0 Å². The summed E-state index contributed by atoms with van der Waals surface area (Å²) < 4.78 is 0. The fourth-order valence-corrected chi connectivity index (χ4v) is 0.220. The second-order valence-corrected chi connectivity index (χ2v) is 1.08. The van der Waals surface area contributed by atoms with Crippen molar-refractivity contribution in [1.82, 2.24) is 20.6 Å². The second-order valence-electron chi connectivity index (χ2n) is 0.679. The van der Waals surface area contributed by atoms with Gasteiger partial charge < -0.3 is 0 Å². The van der Waals surface area contributed by atoms with Crippen molar-refractivity contribution in [3.63, 3.8) is 0 Å². The maximum atomic E-state index is 3.69. The van der Waals surface area contributed by atoms with E-state index in [4.69, 9.17) is 0 Å². The van der Waals surface area contributed by atoms with E-state index in [0.717, 1.165) is 0 Å². The van der Waals surface area contributed by atoms with E-state index >= 15 is 0 Å². The molecule has 0 saturated carbocycles. The van der Waals surface area contributed by atoms with E-state index in [9.17, 15) is 0 Å². The van der Waals surface area contributed by atoms with Crippen LogP contribution in [0.1, 0.15) is 0 Å². The quantitative estimate of drug-likeness (QED) is 0.347. The Bertz CT molecular complexity index is 115. The molecular weight excluding hydrogens is 208 g/mol. The SMILES string of the molecule is S[c-]1nnnn1.[Ag+]. The first-order chi connectivity index (χ1) is 2.89. The van der Waals surface area contributed by atoms with E-state index in [1.54, 1.807) is 0 Å². The first-order valence-corrected chi connectivity index (χ1v) is 1.72. The number of rotatable bonds is 0. The molecule has 4 nitrogen and oxygen atoms in total. The van der Waals surface area contributed by atoms with Gasteiger partial charge >= 0.3 is 22.4 Å². The van der Waals surface area contributed by atoms with Gasteiger partial charge in [-0.15, -0.1) is 0 Å². The zero-order chi connectivity index (χ0) is 4.41. The topological polar surface area (TPSA) is 51.6 Å². The molecule has 0 atom stereocenters. The third kappa shape index (κ3) is 2.08. The Balaban J connectivity index is 0.000000360. The summed E-state index contributed by atoms with van der Waals surface area (Å²) in [7, 11) is 0. The molecule has 0 aromatic carbocycles. The Morgan fingerprint density at radius 2 is 1.57 bits per heavy atom. The van der Waals surface area contributed by atoms with Crippen LogP contribution in [-0.2, 0) is 22.4 Å². The summed E-state index contributed by atoms with van der Waals surface area (Å²) in [6.07, 6.45) is 0. The number of thiol groups is 1. The van der Waals surface area contributed by atoms with E-state index in [-0.39, 0.29) is 22.4 Å². The molecule has 0 unspecified atom stereocenters. The molecule has 0 radical (unpaired) electrons. The van der Waals surface area contributed by atoms with Crippen molar-refractivity contribution in [1.29, 1.82) is 0 Å². The monoisotopic (exact) mass is 208 g/mol. The van der Waals surface area contributed by atoms with Crippen LogP contribution in [-0.4, -0.2) is 20.6 Å². The zero-order valence-electron chi connectivity index (χ0n) is 3.04. The predicted octanol–water partition coefficient (Wildman–Crippen LogP) is -0.728. The van der Waals surface area contributed by atoms with Gasteiger partial charge in [0.1, 0.15) is 0 Å². The van der Waals surface area contributed by atoms with Gasteiger partial charge in [-0.1, -0.05) is 15.6 Å². The molecule has 7 heavy (non-hydrogen) atoms. The van der Waals surface area contributed by atoms with Crippen LogP contribution in [0, 0.1) is 0 Å². The molecule has 1 aromatic rings. The van der Waals surface area contributed by atoms with Crippen LogP contribution in [0.15, 0.2) is 5.16 Å². The summed E-state index contributed by atoms with van der Waals surface area (Å²) in [5, 5.41) is 13.2. The maximum absolute atomic E-state index is 3.69. The van der Waals surface area contributed by atoms with Gasteiger partial charge in [-0.2, -0.15) is 0 Å². The fourth-order valence-electron chi connectivity index (χ4n) is 0.140. The molecule has 6 heteroatoms. The third-order valence-electron chi connectivity index (χ3n) is 0.308. The number of nitrogens with zero attached hydrogens (tertiary/aromatic N) is 4. The molecule has 1 heterocycles. The molecule has 42 valence electrons. The first kappa shape index (κ1) is 7.16. The van der Waals surface area contributed by atoms with Gasteiger partial charge in [0.25, 0.3) is 0 Å². The van der Waals surface area contributed by atoms with Crippen molar-refractivity contribution < 1.29 is 22.4 Å². The van der Waals surface area contributed by atoms with Gasteiger partial charge in [0, 0.05) is 0 Å². The molecule has 0 aliphatic heterocycles. The fraction of sp³-hybridized carbons (Fsp3) is 0. The molecule has 0 aliphatic rings.